The molecule has 2 aliphatic carbocycles. The van der Waals surface area contributed by atoms with Crippen LogP contribution in [0, 0.1) is 6.92 Å². The monoisotopic (exact) mass is 332 g/mol. The minimum absolute atomic E-state index is 0.292. The van der Waals surface area contributed by atoms with Gasteiger partial charge in [0, 0.05) is 0 Å². The van der Waals surface area contributed by atoms with Crippen molar-refractivity contribution in [1.29, 1.82) is 0 Å². The van der Waals surface area contributed by atoms with Gasteiger partial charge < -0.3 is 0 Å². The Hall–Kier alpha value is -3.12. The highest BCUT2D eigenvalue weighted by Crippen LogP contribution is 2.63. The van der Waals surface area contributed by atoms with E-state index in [1.807, 2.05) is 6.08 Å². The van der Waals surface area contributed by atoms with Gasteiger partial charge in [0.1, 0.15) is 0 Å². The summed E-state index contributed by atoms with van der Waals surface area (Å²) in [5, 5.41) is 0. The molecule has 5 rings (SSSR count). The number of rotatable bonds is 1. The Balaban J connectivity index is 2.03. The standard InChI is InChI=1S/C26H20/c1-4-9-22-18(3)19-15-14-17(2)16-25(19)26(22)23-12-7-5-10-20(23)21-11-6-8-13-24(21)26/h4-16H,1,3H2,2H3/b22-9+. The third-order valence-electron chi connectivity index (χ3n) is 5.87. The number of fused-ring (bicyclic) bond motifs is 7. The van der Waals surface area contributed by atoms with Gasteiger partial charge in [-0.05, 0) is 51.5 Å². The van der Waals surface area contributed by atoms with Crippen molar-refractivity contribution in [3.05, 3.63) is 125 Å². The van der Waals surface area contributed by atoms with E-state index < -0.39 is 0 Å². The summed E-state index contributed by atoms with van der Waals surface area (Å²) in [6, 6.07) is 24.3. The van der Waals surface area contributed by atoms with Crippen LogP contribution in [-0.2, 0) is 5.41 Å². The Labute approximate surface area is 154 Å². The molecule has 0 unspecified atom stereocenters. The number of benzene rings is 3. The highest BCUT2D eigenvalue weighted by Gasteiger charge is 2.52. The third-order valence-corrected chi connectivity index (χ3v) is 5.87. The fourth-order valence-electron chi connectivity index (χ4n) is 4.91. The Morgan fingerprint density at radius 3 is 2.00 bits per heavy atom. The predicted molar refractivity (Wildman–Crippen MR) is 110 cm³/mol. The van der Waals surface area contributed by atoms with Gasteiger partial charge >= 0.3 is 0 Å². The molecule has 0 saturated carbocycles. The summed E-state index contributed by atoms with van der Waals surface area (Å²) in [6.07, 6.45) is 4.04. The van der Waals surface area contributed by atoms with Crippen molar-refractivity contribution in [2.75, 3.05) is 0 Å². The molecule has 0 aromatic heterocycles. The van der Waals surface area contributed by atoms with Gasteiger partial charge in [-0.2, -0.15) is 0 Å². The van der Waals surface area contributed by atoms with Crippen LogP contribution in [0.25, 0.3) is 16.7 Å². The summed E-state index contributed by atoms with van der Waals surface area (Å²) in [7, 11) is 0. The van der Waals surface area contributed by atoms with Crippen LogP contribution in [0.2, 0.25) is 0 Å². The first-order valence-corrected chi connectivity index (χ1v) is 9.03. The molecule has 0 atom stereocenters. The van der Waals surface area contributed by atoms with Crippen LogP contribution in [0.5, 0.6) is 0 Å². The minimum atomic E-state index is -0.292. The smallest absolute Gasteiger partial charge is 0.0725 e. The second-order valence-electron chi connectivity index (χ2n) is 7.18. The molecule has 0 N–H and O–H groups in total. The second-order valence-corrected chi connectivity index (χ2v) is 7.18. The highest BCUT2D eigenvalue weighted by molar-refractivity contribution is 5.99. The van der Waals surface area contributed by atoms with E-state index in [4.69, 9.17) is 0 Å². The van der Waals surface area contributed by atoms with Gasteiger partial charge in [-0.3, -0.25) is 0 Å². The lowest BCUT2D eigenvalue weighted by Gasteiger charge is -2.30. The number of aryl methyl sites for hydroxylation is 1. The van der Waals surface area contributed by atoms with Gasteiger partial charge in [-0.15, -0.1) is 0 Å². The molecule has 0 nitrogen and oxygen atoms in total. The van der Waals surface area contributed by atoms with Crippen LogP contribution < -0.4 is 0 Å². The zero-order chi connectivity index (χ0) is 17.9. The lowest BCUT2D eigenvalue weighted by molar-refractivity contribution is 0.793. The van der Waals surface area contributed by atoms with Crippen LogP contribution in [0.15, 0.2) is 97.6 Å². The molecule has 0 fully saturated rings. The Kier molecular flexibility index (Phi) is 3.02. The van der Waals surface area contributed by atoms with Gasteiger partial charge in [0.15, 0.2) is 0 Å². The predicted octanol–water partition coefficient (Wildman–Crippen LogP) is 6.45. The topological polar surface area (TPSA) is 0 Å². The van der Waals surface area contributed by atoms with Gasteiger partial charge in [-0.25, -0.2) is 0 Å². The van der Waals surface area contributed by atoms with Crippen molar-refractivity contribution in [2.45, 2.75) is 12.3 Å². The van der Waals surface area contributed by atoms with Gasteiger partial charge in [0.05, 0.1) is 5.41 Å². The maximum absolute atomic E-state index is 4.47. The maximum atomic E-state index is 4.47. The average Bonchev–Trinajstić information content (AvgIpc) is 3.09. The van der Waals surface area contributed by atoms with E-state index in [0.29, 0.717) is 0 Å². The lowest BCUT2D eigenvalue weighted by atomic mass is 9.70. The maximum Gasteiger partial charge on any atom is 0.0725 e. The SMILES string of the molecule is C=C/C=C1\C(=C)c2ccc(C)cc2C12c1ccccc1-c1ccccc12. The zero-order valence-corrected chi connectivity index (χ0v) is 14.9. The van der Waals surface area contributed by atoms with Crippen molar-refractivity contribution in [3.63, 3.8) is 0 Å². The normalized spacial score (nSPS) is 17.3. The minimum Gasteiger partial charge on any atom is -0.0991 e. The van der Waals surface area contributed by atoms with Crippen molar-refractivity contribution in [2.24, 2.45) is 0 Å². The molecule has 0 amide bonds. The fourth-order valence-corrected chi connectivity index (χ4v) is 4.91. The summed E-state index contributed by atoms with van der Waals surface area (Å²) >= 11 is 0. The first kappa shape index (κ1) is 15.2. The molecular formula is C26H20. The molecule has 0 heteroatoms. The quantitative estimate of drug-likeness (QED) is 0.480. The summed E-state index contributed by atoms with van der Waals surface area (Å²) in [5.74, 6) is 0. The highest BCUT2D eigenvalue weighted by atomic mass is 14.5. The molecule has 0 saturated heterocycles. The van der Waals surface area contributed by atoms with Crippen LogP contribution >= 0.6 is 0 Å². The van der Waals surface area contributed by atoms with Crippen molar-refractivity contribution >= 4 is 5.57 Å². The Bertz CT molecular complexity index is 1080. The second kappa shape index (κ2) is 5.19. The number of hydrogen-bond donors (Lipinski definition) is 0. The van der Waals surface area contributed by atoms with E-state index in [9.17, 15) is 0 Å². The summed E-state index contributed by atoms with van der Waals surface area (Å²) in [6.45, 7) is 10.6. The van der Waals surface area contributed by atoms with Crippen molar-refractivity contribution in [1.82, 2.24) is 0 Å². The van der Waals surface area contributed by atoms with E-state index in [1.165, 1.54) is 44.5 Å². The lowest BCUT2D eigenvalue weighted by Crippen LogP contribution is -2.26. The van der Waals surface area contributed by atoms with Crippen LogP contribution in [0.4, 0.5) is 0 Å². The zero-order valence-electron chi connectivity index (χ0n) is 14.9. The molecule has 0 bridgehead atoms. The van der Waals surface area contributed by atoms with E-state index >= 15 is 0 Å². The third kappa shape index (κ3) is 1.64. The molecule has 1 spiro atoms. The van der Waals surface area contributed by atoms with Crippen LogP contribution in [0.1, 0.15) is 27.8 Å². The molecule has 0 radical (unpaired) electrons. The molecule has 26 heavy (non-hydrogen) atoms. The first-order chi connectivity index (χ1) is 12.7. The van der Waals surface area contributed by atoms with E-state index in [2.05, 4.69) is 92.9 Å². The van der Waals surface area contributed by atoms with E-state index in [0.717, 1.165) is 5.57 Å². The van der Waals surface area contributed by atoms with Gasteiger partial charge in [0.2, 0.25) is 0 Å². The van der Waals surface area contributed by atoms with E-state index in [-0.39, 0.29) is 5.41 Å². The Morgan fingerprint density at radius 2 is 1.38 bits per heavy atom. The summed E-state index contributed by atoms with van der Waals surface area (Å²) in [4.78, 5) is 0. The van der Waals surface area contributed by atoms with Crippen LogP contribution in [0.3, 0.4) is 0 Å². The molecule has 0 aliphatic heterocycles. The average molecular weight is 332 g/mol. The van der Waals surface area contributed by atoms with Crippen molar-refractivity contribution in [3.8, 4) is 11.1 Å². The van der Waals surface area contributed by atoms with Gasteiger partial charge in [0.25, 0.3) is 0 Å². The van der Waals surface area contributed by atoms with Gasteiger partial charge in [-0.1, -0.05) is 97.6 Å². The molecular weight excluding hydrogens is 312 g/mol. The molecule has 3 aromatic carbocycles. The fraction of sp³-hybridized carbons (Fsp3) is 0.0769. The molecule has 124 valence electrons. The summed E-state index contributed by atoms with van der Waals surface area (Å²) < 4.78 is 0. The largest absolute Gasteiger partial charge is 0.0991 e. The number of allylic oxidation sites excluding steroid dienone is 4. The molecule has 2 aliphatic rings. The van der Waals surface area contributed by atoms with Crippen molar-refractivity contribution < 1.29 is 0 Å². The Morgan fingerprint density at radius 1 is 0.769 bits per heavy atom. The molecule has 0 heterocycles. The summed E-state index contributed by atoms with van der Waals surface area (Å²) in [5.41, 5.74) is 11.2. The first-order valence-electron chi connectivity index (χ1n) is 9.03. The molecule has 3 aromatic rings. The number of hydrogen-bond acceptors (Lipinski definition) is 0. The van der Waals surface area contributed by atoms with Crippen LogP contribution in [-0.4, -0.2) is 0 Å². The van der Waals surface area contributed by atoms with E-state index in [1.54, 1.807) is 0 Å².